The van der Waals surface area contributed by atoms with E-state index in [0.29, 0.717) is 5.82 Å². The second-order valence-corrected chi connectivity index (χ2v) is 3.92. The van der Waals surface area contributed by atoms with E-state index >= 15 is 0 Å². The summed E-state index contributed by atoms with van der Waals surface area (Å²) in [7, 11) is 0. The molecule has 1 rings (SSSR count). The fourth-order valence-corrected chi connectivity index (χ4v) is 1.93. The minimum absolute atomic E-state index is 0.673. The van der Waals surface area contributed by atoms with Crippen molar-refractivity contribution in [3.8, 4) is 0 Å². The van der Waals surface area contributed by atoms with Gasteiger partial charge in [-0.2, -0.15) is 0 Å². The summed E-state index contributed by atoms with van der Waals surface area (Å²) in [5.41, 5.74) is 8.03. The molecule has 0 saturated carbocycles. The van der Waals surface area contributed by atoms with E-state index in [9.17, 15) is 0 Å². The Bertz CT molecular complexity index is 283. The largest absolute Gasteiger partial charge is 0.386 e. The highest BCUT2D eigenvalue weighted by molar-refractivity contribution is 5.25. The van der Waals surface area contributed by atoms with Crippen LogP contribution in [-0.2, 0) is 0 Å². The Morgan fingerprint density at radius 2 is 1.60 bits per heavy atom. The zero-order valence-electron chi connectivity index (χ0n) is 9.79. The smallest absolute Gasteiger partial charge is 0.0913 e. The zero-order valence-corrected chi connectivity index (χ0v) is 9.79. The Morgan fingerprint density at radius 3 is 1.93 bits per heavy atom. The zero-order chi connectivity index (χ0) is 11.4. The standard InChI is InChI=1S/C12H21N3/c1-5-12(10(2)3)15-8-6-14(7-9-15)11(4)13/h5H,2,4,6-9,13H2,1,3H3/b12-5+. The van der Waals surface area contributed by atoms with Crippen molar-refractivity contribution >= 4 is 0 Å². The third-order valence-corrected chi connectivity index (χ3v) is 2.74. The molecule has 15 heavy (non-hydrogen) atoms. The van der Waals surface area contributed by atoms with Crippen LogP contribution in [0, 0.1) is 0 Å². The van der Waals surface area contributed by atoms with E-state index in [-0.39, 0.29) is 0 Å². The van der Waals surface area contributed by atoms with Crippen molar-refractivity contribution in [2.24, 2.45) is 5.73 Å². The van der Waals surface area contributed by atoms with Crippen molar-refractivity contribution in [1.82, 2.24) is 9.80 Å². The van der Waals surface area contributed by atoms with Gasteiger partial charge < -0.3 is 15.5 Å². The van der Waals surface area contributed by atoms with Gasteiger partial charge in [0.2, 0.25) is 0 Å². The maximum absolute atomic E-state index is 5.66. The average Bonchev–Trinajstić information content (AvgIpc) is 2.19. The lowest BCUT2D eigenvalue weighted by Crippen LogP contribution is -2.46. The Kier molecular flexibility index (Phi) is 3.83. The quantitative estimate of drug-likeness (QED) is 0.712. The molecule has 3 heteroatoms. The van der Waals surface area contributed by atoms with Gasteiger partial charge in [0, 0.05) is 31.9 Å². The van der Waals surface area contributed by atoms with E-state index in [1.165, 1.54) is 5.70 Å². The van der Waals surface area contributed by atoms with E-state index < -0.39 is 0 Å². The van der Waals surface area contributed by atoms with Crippen molar-refractivity contribution in [3.05, 3.63) is 36.3 Å². The summed E-state index contributed by atoms with van der Waals surface area (Å²) in [5.74, 6) is 0.673. The van der Waals surface area contributed by atoms with Crippen LogP contribution in [0.3, 0.4) is 0 Å². The molecule has 0 unspecified atom stereocenters. The van der Waals surface area contributed by atoms with Crippen LogP contribution in [0.25, 0.3) is 0 Å². The average molecular weight is 207 g/mol. The van der Waals surface area contributed by atoms with E-state index in [2.05, 4.69) is 36.0 Å². The van der Waals surface area contributed by atoms with Crippen LogP contribution >= 0.6 is 0 Å². The summed E-state index contributed by atoms with van der Waals surface area (Å²) in [5, 5.41) is 0. The van der Waals surface area contributed by atoms with Crippen molar-refractivity contribution in [2.75, 3.05) is 26.2 Å². The molecule has 3 nitrogen and oxygen atoms in total. The number of rotatable bonds is 3. The highest BCUT2D eigenvalue weighted by Crippen LogP contribution is 2.16. The molecular weight excluding hydrogens is 186 g/mol. The highest BCUT2D eigenvalue weighted by Gasteiger charge is 2.18. The second kappa shape index (κ2) is 4.91. The van der Waals surface area contributed by atoms with Gasteiger partial charge in [-0.05, 0) is 19.4 Å². The predicted octanol–water partition coefficient (Wildman–Crippen LogP) is 1.51. The topological polar surface area (TPSA) is 32.5 Å². The SMILES string of the molecule is C=C(C)/C(=C\C)N1CCN(C(=C)N)CC1. The van der Waals surface area contributed by atoms with Gasteiger partial charge in [0.05, 0.1) is 5.82 Å². The normalized spacial score (nSPS) is 17.9. The Balaban J connectivity index is 2.57. The number of hydrogen-bond acceptors (Lipinski definition) is 3. The first-order valence-corrected chi connectivity index (χ1v) is 5.32. The van der Waals surface area contributed by atoms with Gasteiger partial charge in [-0.25, -0.2) is 0 Å². The summed E-state index contributed by atoms with van der Waals surface area (Å²) < 4.78 is 0. The molecule has 2 N–H and O–H groups in total. The number of hydrogen-bond donors (Lipinski definition) is 1. The number of allylic oxidation sites excluding steroid dienone is 2. The van der Waals surface area contributed by atoms with Gasteiger partial charge in [0.1, 0.15) is 0 Å². The molecule has 84 valence electrons. The molecule has 0 aromatic carbocycles. The lowest BCUT2D eigenvalue weighted by atomic mass is 10.2. The van der Waals surface area contributed by atoms with E-state index in [1.54, 1.807) is 0 Å². The van der Waals surface area contributed by atoms with E-state index in [0.717, 1.165) is 31.8 Å². The molecule has 1 aliphatic heterocycles. The van der Waals surface area contributed by atoms with Gasteiger partial charge in [-0.15, -0.1) is 0 Å². The number of nitrogens with two attached hydrogens (primary N) is 1. The first kappa shape index (κ1) is 11.7. The van der Waals surface area contributed by atoms with Crippen LogP contribution in [0.5, 0.6) is 0 Å². The first-order valence-electron chi connectivity index (χ1n) is 5.32. The van der Waals surface area contributed by atoms with Gasteiger partial charge >= 0.3 is 0 Å². The Labute approximate surface area is 92.5 Å². The first-order chi connectivity index (χ1) is 7.06. The summed E-state index contributed by atoms with van der Waals surface area (Å²) in [6.45, 7) is 15.7. The van der Waals surface area contributed by atoms with Crippen molar-refractivity contribution < 1.29 is 0 Å². The van der Waals surface area contributed by atoms with Gasteiger partial charge in [0.25, 0.3) is 0 Å². The van der Waals surface area contributed by atoms with Crippen LogP contribution < -0.4 is 5.73 Å². The highest BCUT2D eigenvalue weighted by atomic mass is 15.3. The Morgan fingerprint density at radius 1 is 1.13 bits per heavy atom. The number of nitrogens with zero attached hydrogens (tertiary/aromatic N) is 2. The van der Waals surface area contributed by atoms with Gasteiger partial charge in [0.15, 0.2) is 0 Å². The molecule has 0 aromatic heterocycles. The molecule has 0 spiro atoms. The molecule has 1 fully saturated rings. The monoisotopic (exact) mass is 207 g/mol. The second-order valence-electron chi connectivity index (χ2n) is 3.92. The van der Waals surface area contributed by atoms with Crippen LogP contribution in [0.1, 0.15) is 13.8 Å². The fraction of sp³-hybridized carbons (Fsp3) is 0.500. The molecule has 0 aromatic rings. The lowest BCUT2D eigenvalue weighted by Gasteiger charge is -2.38. The molecule has 0 amide bonds. The van der Waals surface area contributed by atoms with Crippen LogP contribution in [-0.4, -0.2) is 36.0 Å². The molecule has 1 saturated heterocycles. The molecular formula is C12H21N3. The maximum Gasteiger partial charge on any atom is 0.0913 e. The lowest BCUT2D eigenvalue weighted by molar-refractivity contribution is 0.193. The minimum Gasteiger partial charge on any atom is -0.386 e. The predicted molar refractivity (Wildman–Crippen MR) is 65.0 cm³/mol. The minimum atomic E-state index is 0.673. The van der Waals surface area contributed by atoms with E-state index in [4.69, 9.17) is 5.73 Å². The van der Waals surface area contributed by atoms with Crippen molar-refractivity contribution in [2.45, 2.75) is 13.8 Å². The third-order valence-electron chi connectivity index (χ3n) is 2.74. The molecule has 1 heterocycles. The molecule has 0 bridgehead atoms. The van der Waals surface area contributed by atoms with Crippen LogP contribution in [0.4, 0.5) is 0 Å². The summed E-state index contributed by atoms with van der Waals surface area (Å²) in [4.78, 5) is 4.46. The van der Waals surface area contributed by atoms with Gasteiger partial charge in [-0.3, -0.25) is 0 Å². The summed E-state index contributed by atoms with van der Waals surface area (Å²) in [6.07, 6.45) is 2.12. The molecule has 0 atom stereocenters. The number of piperazine rings is 1. The maximum atomic E-state index is 5.66. The summed E-state index contributed by atoms with van der Waals surface area (Å²) >= 11 is 0. The van der Waals surface area contributed by atoms with Crippen molar-refractivity contribution in [3.63, 3.8) is 0 Å². The third kappa shape index (κ3) is 2.78. The van der Waals surface area contributed by atoms with Gasteiger partial charge in [-0.1, -0.05) is 19.2 Å². The molecule has 1 aliphatic rings. The van der Waals surface area contributed by atoms with Crippen LogP contribution in [0.15, 0.2) is 36.3 Å². The molecule has 0 aliphatic carbocycles. The van der Waals surface area contributed by atoms with Crippen LogP contribution in [0.2, 0.25) is 0 Å². The van der Waals surface area contributed by atoms with Crippen molar-refractivity contribution in [1.29, 1.82) is 0 Å². The summed E-state index contributed by atoms with van der Waals surface area (Å²) in [6, 6.07) is 0. The fourth-order valence-electron chi connectivity index (χ4n) is 1.93. The molecule has 0 radical (unpaired) electrons. The Hall–Kier alpha value is -1.38. The van der Waals surface area contributed by atoms with E-state index in [1.807, 2.05) is 6.92 Å².